The van der Waals surface area contributed by atoms with E-state index in [-0.39, 0.29) is 27.3 Å². The number of alkyl halides is 3. The van der Waals surface area contributed by atoms with E-state index < -0.39 is 51.4 Å². The molecular formula is C27H23ClF4N2O5S. The molecule has 7 nitrogen and oxygen atoms in total. The van der Waals surface area contributed by atoms with Crippen LogP contribution in [0.25, 0.3) is 0 Å². The number of benzene rings is 3. The van der Waals surface area contributed by atoms with Crippen molar-refractivity contribution in [3.63, 3.8) is 0 Å². The predicted octanol–water partition coefficient (Wildman–Crippen LogP) is 5.74. The second kappa shape index (κ2) is 11.6. The fraction of sp³-hybridized carbons (Fsp3) is 0.259. The highest BCUT2D eigenvalue weighted by Crippen LogP contribution is 2.32. The zero-order valence-corrected chi connectivity index (χ0v) is 22.5. The molecule has 1 aliphatic rings. The van der Waals surface area contributed by atoms with E-state index in [1.54, 1.807) is 6.92 Å². The van der Waals surface area contributed by atoms with Gasteiger partial charge in [0.15, 0.2) is 12.4 Å². The molecule has 0 aliphatic heterocycles. The van der Waals surface area contributed by atoms with Crippen LogP contribution in [0.1, 0.15) is 39.9 Å². The minimum Gasteiger partial charge on any atom is -0.483 e. The van der Waals surface area contributed by atoms with E-state index in [1.807, 2.05) is 0 Å². The number of sulfonamides is 1. The van der Waals surface area contributed by atoms with Crippen LogP contribution >= 0.6 is 11.6 Å². The van der Waals surface area contributed by atoms with Gasteiger partial charge in [-0.15, -0.1) is 0 Å². The molecule has 1 aliphatic carbocycles. The number of ketones is 1. The molecule has 0 spiro atoms. The van der Waals surface area contributed by atoms with Crippen LogP contribution < -0.4 is 14.8 Å². The molecule has 2 N–H and O–H groups in total. The van der Waals surface area contributed by atoms with Gasteiger partial charge in [-0.1, -0.05) is 11.6 Å². The van der Waals surface area contributed by atoms with Crippen LogP contribution in [0.3, 0.4) is 0 Å². The van der Waals surface area contributed by atoms with Gasteiger partial charge in [-0.25, -0.2) is 17.5 Å². The van der Waals surface area contributed by atoms with Crippen molar-refractivity contribution in [3.05, 3.63) is 87.7 Å². The summed E-state index contributed by atoms with van der Waals surface area (Å²) in [6, 6.07) is 9.36. The van der Waals surface area contributed by atoms with Crippen LogP contribution in [0.2, 0.25) is 5.02 Å². The van der Waals surface area contributed by atoms with E-state index in [4.69, 9.17) is 16.3 Å². The van der Waals surface area contributed by atoms with Gasteiger partial charge in [-0.05, 0) is 85.8 Å². The number of anilines is 1. The summed E-state index contributed by atoms with van der Waals surface area (Å²) in [6.07, 6.45) is -2.90. The second-order valence-electron chi connectivity index (χ2n) is 9.30. The number of carbonyl (C=O) groups is 2. The van der Waals surface area contributed by atoms with Crippen LogP contribution in [-0.4, -0.2) is 33.3 Å². The molecule has 1 saturated carbocycles. The minimum absolute atomic E-state index is 0.0512. The normalized spacial score (nSPS) is 13.7. The molecular weight excluding hydrogens is 576 g/mol. The lowest BCUT2D eigenvalue weighted by Crippen LogP contribution is -2.26. The van der Waals surface area contributed by atoms with Crippen molar-refractivity contribution in [1.82, 2.24) is 4.72 Å². The predicted molar refractivity (Wildman–Crippen MR) is 140 cm³/mol. The molecule has 0 atom stereocenters. The Labute approximate surface area is 232 Å². The maximum absolute atomic E-state index is 13.9. The van der Waals surface area contributed by atoms with Crippen LogP contribution in [-0.2, 0) is 21.0 Å². The zero-order chi connectivity index (χ0) is 29.2. The van der Waals surface area contributed by atoms with Gasteiger partial charge in [0.1, 0.15) is 11.6 Å². The van der Waals surface area contributed by atoms with Crippen molar-refractivity contribution in [2.45, 2.75) is 30.8 Å². The smallest absolute Gasteiger partial charge is 0.416 e. The maximum atomic E-state index is 13.9. The van der Waals surface area contributed by atoms with Crippen molar-refractivity contribution in [1.29, 1.82) is 0 Å². The highest BCUT2D eigenvalue weighted by atomic mass is 35.5. The standard InChI is InChI=1S/C27H23ClF4N2O5S/c1-15-8-21(40(37,38)33-13-16-2-3-16)5-6-23(15)34-25(35)14-39-24-7-4-19(28)12-22(24)26(36)17-9-18(27(30,31)32)11-20(29)10-17/h4-12,16,33H,2-3,13-14H2,1H3,(H,34,35). The number of rotatable bonds is 10. The molecule has 13 heteroatoms. The van der Waals surface area contributed by atoms with Gasteiger partial charge in [0.2, 0.25) is 10.0 Å². The summed E-state index contributed by atoms with van der Waals surface area (Å²) >= 11 is 5.97. The summed E-state index contributed by atoms with van der Waals surface area (Å²) in [7, 11) is -3.70. The third-order valence-corrected chi connectivity index (χ3v) is 7.73. The van der Waals surface area contributed by atoms with E-state index in [2.05, 4.69) is 10.0 Å². The molecule has 0 radical (unpaired) electrons. The monoisotopic (exact) mass is 598 g/mol. The Hall–Kier alpha value is -3.48. The Bertz CT molecular complexity index is 1570. The summed E-state index contributed by atoms with van der Waals surface area (Å²) < 4.78 is 86.2. The molecule has 0 saturated heterocycles. The Balaban J connectivity index is 1.46. The maximum Gasteiger partial charge on any atom is 0.416 e. The Morgan fingerprint density at radius 2 is 1.77 bits per heavy atom. The molecule has 0 unspecified atom stereocenters. The quantitative estimate of drug-likeness (QED) is 0.229. The summed E-state index contributed by atoms with van der Waals surface area (Å²) in [5.41, 5.74) is -1.41. The SMILES string of the molecule is Cc1cc(S(=O)(=O)NCC2CC2)ccc1NC(=O)COc1ccc(Cl)cc1C(=O)c1cc(F)cc(C(F)(F)F)c1. The first-order valence-electron chi connectivity index (χ1n) is 12.0. The molecule has 4 rings (SSSR count). The summed E-state index contributed by atoms with van der Waals surface area (Å²) in [4.78, 5) is 25.6. The number of hydrogen-bond acceptors (Lipinski definition) is 5. The summed E-state index contributed by atoms with van der Waals surface area (Å²) in [6.45, 7) is 1.37. The molecule has 0 heterocycles. The molecule has 1 amide bonds. The summed E-state index contributed by atoms with van der Waals surface area (Å²) in [5, 5.41) is 2.64. The van der Waals surface area contributed by atoms with Crippen LogP contribution in [0.4, 0.5) is 23.2 Å². The van der Waals surface area contributed by atoms with Crippen LogP contribution in [0.15, 0.2) is 59.5 Å². The number of amides is 1. The Morgan fingerprint density at radius 3 is 2.42 bits per heavy atom. The van der Waals surface area contributed by atoms with Crippen molar-refractivity contribution in [2.75, 3.05) is 18.5 Å². The van der Waals surface area contributed by atoms with Crippen molar-refractivity contribution in [3.8, 4) is 5.75 Å². The number of nitrogens with one attached hydrogen (secondary N) is 2. The average molecular weight is 599 g/mol. The summed E-state index contributed by atoms with van der Waals surface area (Å²) in [5.74, 6) is -2.72. The molecule has 212 valence electrons. The largest absolute Gasteiger partial charge is 0.483 e. The van der Waals surface area contributed by atoms with Gasteiger partial charge in [0.05, 0.1) is 16.0 Å². The first-order valence-corrected chi connectivity index (χ1v) is 13.8. The molecule has 0 bridgehead atoms. The molecule has 3 aromatic rings. The number of halogens is 5. The average Bonchev–Trinajstić information content (AvgIpc) is 3.71. The van der Waals surface area contributed by atoms with Crippen LogP contribution in [0.5, 0.6) is 5.75 Å². The minimum atomic E-state index is -4.88. The van der Waals surface area contributed by atoms with E-state index in [0.717, 1.165) is 18.9 Å². The molecule has 1 fully saturated rings. The van der Waals surface area contributed by atoms with E-state index in [9.17, 15) is 35.6 Å². The lowest BCUT2D eigenvalue weighted by Gasteiger charge is -2.14. The fourth-order valence-corrected chi connectivity index (χ4v) is 5.12. The van der Waals surface area contributed by atoms with Gasteiger partial charge >= 0.3 is 6.18 Å². The number of ether oxygens (including phenoxy) is 1. The molecule has 3 aromatic carbocycles. The highest BCUT2D eigenvalue weighted by molar-refractivity contribution is 7.89. The van der Waals surface area contributed by atoms with Gasteiger partial charge < -0.3 is 10.1 Å². The molecule has 0 aromatic heterocycles. The third-order valence-electron chi connectivity index (χ3n) is 6.07. The highest BCUT2D eigenvalue weighted by Gasteiger charge is 2.32. The van der Waals surface area contributed by atoms with Gasteiger partial charge in [0.25, 0.3) is 5.91 Å². The van der Waals surface area contributed by atoms with Gasteiger partial charge in [-0.3, -0.25) is 9.59 Å². The lowest BCUT2D eigenvalue weighted by atomic mass is 10.00. The van der Waals surface area contributed by atoms with Gasteiger partial charge in [-0.2, -0.15) is 13.2 Å². The van der Waals surface area contributed by atoms with E-state index in [1.165, 1.54) is 30.3 Å². The van der Waals surface area contributed by atoms with Crippen molar-refractivity contribution in [2.24, 2.45) is 5.92 Å². The van der Waals surface area contributed by atoms with Crippen LogP contribution in [0, 0.1) is 18.7 Å². The third kappa shape index (κ3) is 7.38. The van der Waals surface area contributed by atoms with Crippen molar-refractivity contribution >= 4 is 39.0 Å². The Morgan fingerprint density at radius 1 is 1.05 bits per heavy atom. The van der Waals surface area contributed by atoms with E-state index >= 15 is 0 Å². The number of hydrogen-bond donors (Lipinski definition) is 2. The Kier molecular flexibility index (Phi) is 8.52. The number of carbonyl (C=O) groups excluding carboxylic acids is 2. The first kappa shape index (κ1) is 29.5. The second-order valence-corrected chi connectivity index (χ2v) is 11.5. The first-order chi connectivity index (χ1) is 18.7. The van der Waals surface area contributed by atoms with Crippen molar-refractivity contribution < 1.29 is 40.3 Å². The lowest BCUT2D eigenvalue weighted by molar-refractivity contribution is -0.137. The molecule has 40 heavy (non-hydrogen) atoms. The topological polar surface area (TPSA) is 102 Å². The zero-order valence-electron chi connectivity index (χ0n) is 20.9. The fourth-order valence-electron chi connectivity index (χ4n) is 3.75. The van der Waals surface area contributed by atoms with E-state index in [0.29, 0.717) is 35.8 Å². The van der Waals surface area contributed by atoms with Gasteiger partial charge in [0, 0.05) is 22.8 Å². The number of aryl methyl sites for hydroxylation is 1.